The van der Waals surface area contributed by atoms with Crippen molar-refractivity contribution < 1.29 is 17.6 Å². The molecule has 3 aliphatic rings. The summed E-state index contributed by atoms with van der Waals surface area (Å²) >= 11 is 0. The number of anilines is 1. The fraction of sp³-hybridized carbons (Fsp3) is 0.543. The van der Waals surface area contributed by atoms with Crippen LogP contribution < -0.4 is 10.6 Å². The van der Waals surface area contributed by atoms with Gasteiger partial charge in [-0.15, -0.1) is 0 Å². The summed E-state index contributed by atoms with van der Waals surface area (Å²) in [5, 5.41) is 6.71. The fourth-order valence-electron chi connectivity index (χ4n) is 6.42. The molecule has 0 radical (unpaired) electrons. The van der Waals surface area contributed by atoms with Crippen molar-refractivity contribution in [3.05, 3.63) is 60.6 Å². The number of fused-ring (bicyclic) bond motifs is 1. The van der Waals surface area contributed by atoms with E-state index in [0.717, 1.165) is 42.2 Å². The van der Waals surface area contributed by atoms with Crippen LogP contribution in [0.25, 0.3) is 17.0 Å². The highest BCUT2D eigenvalue weighted by Crippen LogP contribution is 2.33. The van der Waals surface area contributed by atoms with Gasteiger partial charge in [-0.3, -0.25) is 4.99 Å². The van der Waals surface area contributed by atoms with E-state index in [1.54, 1.807) is 32.3 Å². The van der Waals surface area contributed by atoms with Crippen molar-refractivity contribution in [2.75, 3.05) is 66.7 Å². The predicted molar refractivity (Wildman–Crippen MR) is 187 cm³/mol. The van der Waals surface area contributed by atoms with Crippen LogP contribution in [0.3, 0.4) is 0 Å². The molecular weight excluding hydrogens is 608 g/mol. The lowest BCUT2D eigenvalue weighted by atomic mass is 10.1. The third-order valence-corrected chi connectivity index (χ3v) is 8.91. The number of hydrogen-bond acceptors (Lipinski definition) is 6. The first kappa shape index (κ1) is 36.4. The Hall–Kier alpha value is -3.48. The van der Waals surface area contributed by atoms with Gasteiger partial charge in [-0.05, 0) is 96.7 Å². The molecule has 0 bridgehead atoms. The Labute approximate surface area is 276 Å². The fourth-order valence-corrected chi connectivity index (χ4v) is 6.42. The first-order valence-electron chi connectivity index (χ1n) is 16.3. The van der Waals surface area contributed by atoms with Crippen LogP contribution in [0.2, 0.25) is 0 Å². The summed E-state index contributed by atoms with van der Waals surface area (Å²) in [7, 11) is 9.85. The first-order valence-corrected chi connectivity index (χ1v) is 16.3. The maximum Gasteiger partial charge on any atom is 0.406 e. The number of rotatable bonds is 8. The van der Waals surface area contributed by atoms with Gasteiger partial charge in [0.25, 0.3) is 0 Å². The van der Waals surface area contributed by atoms with Gasteiger partial charge in [0.1, 0.15) is 12.7 Å². The molecule has 12 heteroatoms. The van der Waals surface area contributed by atoms with Gasteiger partial charge in [-0.25, -0.2) is 9.38 Å². The molecule has 4 heterocycles. The second-order valence-electron chi connectivity index (χ2n) is 12.7. The molecule has 0 spiro atoms. The summed E-state index contributed by atoms with van der Waals surface area (Å²) in [6, 6.07) is 10.5. The van der Waals surface area contributed by atoms with Crippen molar-refractivity contribution in [1.29, 1.82) is 0 Å². The third-order valence-electron chi connectivity index (χ3n) is 8.91. The second kappa shape index (κ2) is 16.6. The number of hydrogen-bond donors (Lipinski definition) is 2. The SMILES string of the molecule is C=Cc1ccn(C2CC[C@H](N(C)C)C2)c1.CN1CCC[C@@H](F)C1.CNCC1=NC(c2cc3c(NC)cccc3n2CC(F)(F)F)=NC1. The Morgan fingerprint density at radius 2 is 1.91 bits per heavy atom. The Morgan fingerprint density at radius 3 is 2.49 bits per heavy atom. The average Bonchev–Trinajstić information content (AvgIpc) is 3.83. The number of aromatic nitrogens is 2. The molecule has 6 rings (SSSR count). The predicted octanol–water partition coefficient (Wildman–Crippen LogP) is 6.50. The molecule has 1 unspecified atom stereocenters. The molecule has 258 valence electrons. The monoisotopic (exact) mass is 658 g/mol. The number of alkyl halides is 4. The minimum atomic E-state index is -4.33. The first-order chi connectivity index (χ1) is 22.4. The number of aliphatic imine (C=N–C) groups is 2. The quantitative estimate of drug-likeness (QED) is 0.271. The topological polar surface area (TPSA) is 65.1 Å². The van der Waals surface area contributed by atoms with Crippen molar-refractivity contribution in [3.8, 4) is 0 Å². The average molecular weight is 659 g/mol. The summed E-state index contributed by atoms with van der Waals surface area (Å²) in [6.45, 7) is 5.40. The van der Waals surface area contributed by atoms with E-state index in [1.165, 1.54) is 29.4 Å². The lowest BCUT2D eigenvalue weighted by Crippen LogP contribution is -2.32. The van der Waals surface area contributed by atoms with Gasteiger partial charge in [0, 0.05) is 55.7 Å². The zero-order valence-corrected chi connectivity index (χ0v) is 28.3. The molecule has 2 fully saturated rings. The molecule has 2 N–H and O–H groups in total. The lowest BCUT2D eigenvalue weighted by molar-refractivity contribution is -0.139. The molecule has 1 aromatic carbocycles. The van der Waals surface area contributed by atoms with E-state index in [0.29, 0.717) is 42.7 Å². The molecule has 1 saturated carbocycles. The van der Waals surface area contributed by atoms with Gasteiger partial charge < -0.3 is 29.6 Å². The summed E-state index contributed by atoms with van der Waals surface area (Å²) < 4.78 is 55.2. The summed E-state index contributed by atoms with van der Waals surface area (Å²) in [5.41, 5.74) is 3.70. The van der Waals surface area contributed by atoms with E-state index >= 15 is 0 Å². The minimum Gasteiger partial charge on any atom is -0.388 e. The summed E-state index contributed by atoms with van der Waals surface area (Å²) in [4.78, 5) is 13.1. The standard InChI is InChI=1S/C16H18F3N5.C13H20N2.C6H12FN/c1-20-7-10-8-22-15(23-10)14-6-11-12(21-2)4-3-5-13(11)24(14)9-16(17,18)19;1-4-11-7-8-15(10-11)13-6-5-12(9-13)14(2)3;1-8-4-2-3-6(7)5-8/h3-6,20-21H,7-9H2,1-2H3;4,7-8,10,12-13H,1,5-6,9H2,2-3H3;6H,2-5H2,1H3/t;12-,13?;6-/m.01/s1. The maximum atomic E-state index is 13.1. The smallest absolute Gasteiger partial charge is 0.388 e. The Balaban J connectivity index is 0.000000184. The van der Waals surface area contributed by atoms with Crippen LogP contribution in [0.1, 0.15) is 49.4 Å². The molecular formula is C35H50F4N8. The summed E-state index contributed by atoms with van der Waals surface area (Å²) in [5.74, 6) is 0.350. The highest BCUT2D eigenvalue weighted by Gasteiger charge is 2.31. The molecule has 2 aromatic heterocycles. The molecule has 1 saturated heterocycles. The van der Waals surface area contributed by atoms with Crippen molar-refractivity contribution in [2.45, 2.75) is 63.1 Å². The minimum absolute atomic E-state index is 0.350. The zero-order valence-electron chi connectivity index (χ0n) is 28.3. The third kappa shape index (κ3) is 10.0. The van der Waals surface area contributed by atoms with Gasteiger partial charge in [-0.2, -0.15) is 13.2 Å². The van der Waals surface area contributed by atoms with Crippen LogP contribution in [0.5, 0.6) is 0 Å². The zero-order chi connectivity index (χ0) is 34.1. The number of likely N-dealkylation sites (tertiary alicyclic amines) is 1. The molecule has 47 heavy (non-hydrogen) atoms. The number of halogens is 4. The van der Waals surface area contributed by atoms with E-state index in [2.05, 4.69) is 69.2 Å². The largest absolute Gasteiger partial charge is 0.406 e. The van der Waals surface area contributed by atoms with E-state index in [9.17, 15) is 17.6 Å². The van der Waals surface area contributed by atoms with Gasteiger partial charge in [-0.1, -0.05) is 18.7 Å². The highest BCUT2D eigenvalue weighted by molar-refractivity contribution is 6.13. The molecule has 2 aliphatic heterocycles. The van der Waals surface area contributed by atoms with E-state index < -0.39 is 18.9 Å². The number of nitrogens with zero attached hydrogens (tertiary/aromatic N) is 6. The van der Waals surface area contributed by atoms with Crippen LogP contribution >= 0.6 is 0 Å². The number of nitrogens with one attached hydrogen (secondary N) is 2. The van der Waals surface area contributed by atoms with Crippen LogP contribution in [0.4, 0.5) is 23.2 Å². The molecule has 3 aromatic rings. The van der Waals surface area contributed by atoms with E-state index in [1.807, 2.05) is 24.1 Å². The van der Waals surface area contributed by atoms with Crippen molar-refractivity contribution >= 4 is 34.2 Å². The number of amidine groups is 1. The van der Waals surface area contributed by atoms with Crippen LogP contribution in [-0.2, 0) is 6.54 Å². The van der Waals surface area contributed by atoms with E-state index in [-0.39, 0.29) is 0 Å². The molecule has 8 nitrogen and oxygen atoms in total. The lowest BCUT2D eigenvalue weighted by Gasteiger charge is -2.24. The number of benzene rings is 1. The van der Waals surface area contributed by atoms with Crippen molar-refractivity contribution in [3.63, 3.8) is 0 Å². The van der Waals surface area contributed by atoms with Crippen LogP contribution in [0.15, 0.2) is 59.3 Å². The van der Waals surface area contributed by atoms with Crippen LogP contribution in [-0.4, -0.2) is 110 Å². The van der Waals surface area contributed by atoms with Gasteiger partial charge >= 0.3 is 6.18 Å². The molecule has 0 amide bonds. The Morgan fingerprint density at radius 1 is 1.13 bits per heavy atom. The Kier molecular flexibility index (Phi) is 12.8. The Bertz CT molecular complexity index is 1510. The number of piperidine rings is 1. The van der Waals surface area contributed by atoms with Crippen molar-refractivity contribution in [1.82, 2.24) is 24.3 Å². The van der Waals surface area contributed by atoms with E-state index in [4.69, 9.17) is 0 Å². The van der Waals surface area contributed by atoms with Gasteiger partial charge in [0.05, 0.1) is 23.5 Å². The van der Waals surface area contributed by atoms with Gasteiger partial charge in [0.15, 0.2) is 5.84 Å². The molecule has 1 aliphatic carbocycles. The van der Waals surface area contributed by atoms with Gasteiger partial charge in [0.2, 0.25) is 0 Å². The van der Waals surface area contributed by atoms with Crippen LogP contribution in [0, 0.1) is 0 Å². The molecule has 3 atom stereocenters. The van der Waals surface area contributed by atoms with Crippen molar-refractivity contribution in [2.24, 2.45) is 9.98 Å². The normalized spacial score (nSPS) is 21.5. The highest BCUT2D eigenvalue weighted by atomic mass is 19.4. The second-order valence-corrected chi connectivity index (χ2v) is 12.7. The maximum absolute atomic E-state index is 13.1. The summed E-state index contributed by atoms with van der Waals surface area (Å²) in [6.07, 6.45) is 7.10.